The number of allylic oxidation sites excluding steroid dienone is 2. The molecule has 2 atom stereocenters. The summed E-state index contributed by atoms with van der Waals surface area (Å²) < 4.78 is 28.5. The van der Waals surface area contributed by atoms with Gasteiger partial charge in [-0.15, -0.1) is 0 Å². The summed E-state index contributed by atoms with van der Waals surface area (Å²) in [5.41, 5.74) is 7.50. The van der Waals surface area contributed by atoms with Gasteiger partial charge in [-0.2, -0.15) is 8.42 Å². The molecule has 1 aliphatic carbocycles. The number of carboxylic acid groups (broad SMARTS) is 1. The highest BCUT2D eigenvalue weighted by Crippen LogP contribution is 2.42. The fraction of sp³-hybridized carbons (Fsp3) is 0.517. The molecule has 0 aromatic carbocycles. The zero-order valence-corrected chi connectivity index (χ0v) is 24.8. The Morgan fingerprint density at radius 2 is 1.88 bits per heavy atom. The highest BCUT2D eigenvalue weighted by Gasteiger charge is 2.42. The maximum Gasteiger partial charge on any atom is 0.306 e. The number of carbonyl (C=O) groups is 2. The lowest BCUT2D eigenvalue weighted by atomic mass is 9.80. The Morgan fingerprint density at radius 3 is 2.40 bits per heavy atom. The lowest BCUT2D eigenvalue weighted by Crippen LogP contribution is -2.44. The standard InChI is InChI=1S/C29H39N5O5S/c1-17-14-15-34(29(17,5)6)25-21(26(35)33-40(38,39)23-9-7-8-22(30)31-23)16-20(24(32-25)28(2,3)4)18-10-12-19(13-11-18)27(36)37/h7-10,16-17,19H,11-15H2,1-6H3,(H2,30,31)(H,33,35)(H,36,37). The van der Waals surface area contributed by atoms with Gasteiger partial charge >= 0.3 is 5.97 Å². The molecule has 0 bridgehead atoms. The fourth-order valence-corrected chi connectivity index (χ4v) is 6.36. The molecule has 1 aliphatic heterocycles. The van der Waals surface area contributed by atoms with Crippen molar-refractivity contribution in [3.8, 4) is 0 Å². The molecule has 1 fully saturated rings. The number of rotatable bonds is 6. The third-order valence-corrected chi connectivity index (χ3v) is 9.49. The van der Waals surface area contributed by atoms with E-state index in [1.165, 1.54) is 18.2 Å². The van der Waals surface area contributed by atoms with E-state index in [1.54, 1.807) is 6.07 Å². The minimum Gasteiger partial charge on any atom is -0.481 e. The third kappa shape index (κ3) is 5.70. The summed E-state index contributed by atoms with van der Waals surface area (Å²) in [6.07, 6.45) is 4.17. The van der Waals surface area contributed by atoms with Crippen molar-refractivity contribution in [2.24, 2.45) is 11.8 Å². The lowest BCUT2D eigenvalue weighted by Gasteiger charge is -2.38. The van der Waals surface area contributed by atoms with Gasteiger partial charge in [0.2, 0.25) is 0 Å². The predicted octanol–water partition coefficient (Wildman–Crippen LogP) is 4.37. The number of carboxylic acids is 1. The first-order chi connectivity index (χ1) is 18.5. The number of nitrogens with zero attached hydrogens (tertiary/aromatic N) is 3. The van der Waals surface area contributed by atoms with E-state index in [2.05, 4.69) is 35.4 Å². The zero-order chi connectivity index (χ0) is 29.6. The van der Waals surface area contributed by atoms with Crippen LogP contribution in [0.15, 0.2) is 35.4 Å². The minimum absolute atomic E-state index is 0.0196. The molecule has 4 rings (SSSR count). The first-order valence-corrected chi connectivity index (χ1v) is 15.1. The lowest BCUT2D eigenvalue weighted by molar-refractivity contribution is -0.141. The Balaban J connectivity index is 1.88. The van der Waals surface area contributed by atoms with Crippen LogP contribution in [0.4, 0.5) is 11.6 Å². The number of hydrogen-bond acceptors (Lipinski definition) is 8. The number of sulfonamides is 1. The molecule has 4 N–H and O–H groups in total. The first kappa shape index (κ1) is 29.5. The summed E-state index contributed by atoms with van der Waals surface area (Å²) >= 11 is 0. The maximum atomic E-state index is 13.8. The Kier molecular flexibility index (Phi) is 7.74. The topological polar surface area (TPSA) is 156 Å². The summed E-state index contributed by atoms with van der Waals surface area (Å²) in [6, 6.07) is 5.92. The summed E-state index contributed by atoms with van der Waals surface area (Å²) in [4.78, 5) is 36.4. The molecule has 2 aromatic rings. The van der Waals surface area contributed by atoms with Crippen molar-refractivity contribution >= 4 is 39.1 Å². The van der Waals surface area contributed by atoms with Crippen LogP contribution in [-0.4, -0.2) is 47.5 Å². The van der Waals surface area contributed by atoms with Crippen LogP contribution in [0.1, 0.15) is 88.8 Å². The van der Waals surface area contributed by atoms with Crippen LogP contribution in [-0.2, 0) is 20.2 Å². The number of aromatic nitrogens is 2. The number of nitrogens with one attached hydrogen (secondary N) is 1. The second-order valence-electron chi connectivity index (χ2n) is 12.4. The molecule has 2 aromatic heterocycles. The molecule has 11 heteroatoms. The van der Waals surface area contributed by atoms with E-state index in [0.717, 1.165) is 23.3 Å². The smallest absolute Gasteiger partial charge is 0.306 e. The molecule has 216 valence electrons. The van der Waals surface area contributed by atoms with Crippen LogP contribution in [0.25, 0.3) is 5.57 Å². The average molecular weight is 570 g/mol. The fourth-order valence-electron chi connectivity index (χ4n) is 5.41. The van der Waals surface area contributed by atoms with Gasteiger partial charge in [-0.05, 0) is 69.2 Å². The number of amides is 1. The number of nitrogens with two attached hydrogens (primary N) is 1. The maximum absolute atomic E-state index is 13.8. The predicted molar refractivity (Wildman–Crippen MR) is 154 cm³/mol. The van der Waals surface area contributed by atoms with Crippen molar-refractivity contribution in [2.75, 3.05) is 17.2 Å². The second-order valence-corrected chi connectivity index (χ2v) is 14.0. The van der Waals surface area contributed by atoms with Crippen molar-refractivity contribution in [1.29, 1.82) is 0 Å². The summed E-state index contributed by atoms with van der Waals surface area (Å²) in [5.74, 6) is -1.34. The molecule has 1 saturated heterocycles. The SMILES string of the molecule is CC1CCN(c2nc(C(C)(C)C)c(C3=CCC(C(=O)O)CC3)cc2C(=O)NS(=O)(=O)c2cccc(N)n2)C1(C)C. The molecule has 1 amide bonds. The Hall–Kier alpha value is -3.47. The van der Waals surface area contributed by atoms with Gasteiger partial charge in [0.05, 0.1) is 17.2 Å². The number of aliphatic carboxylic acids is 1. The molecule has 0 spiro atoms. The summed E-state index contributed by atoms with van der Waals surface area (Å²) in [7, 11) is -4.32. The van der Waals surface area contributed by atoms with Gasteiger partial charge in [0.25, 0.3) is 15.9 Å². The van der Waals surface area contributed by atoms with Crippen LogP contribution in [0.5, 0.6) is 0 Å². The van der Waals surface area contributed by atoms with Crippen molar-refractivity contribution in [3.63, 3.8) is 0 Å². The van der Waals surface area contributed by atoms with E-state index in [1.807, 2.05) is 26.8 Å². The van der Waals surface area contributed by atoms with Crippen molar-refractivity contribution in [2.45, 2.75) is 83.2 Å². The Bertz CT molecular complexity index is 1480. The van der Waals surface area contributed by atoms with Crippen LogP contribution in [0, 0.1) is 11.8 Å². The Labute approximate surface area is 236 Å². The van der Waals surface area contributed by atoms with Gasteiger partial charge in [0.1, 0.15) is 11.6 Å². The number of hydrogen-bond donors (Lipinski definition) is 3. The summed E-state index contributed by atoms with van der Waals surface area (Å²) in [6.45, 7) is 13.1. The van der Waals surface area contributed by atoms with Gasteiger partial charge in [-0.25, -0.2) is 14.7 Å². The molecule has 0 radical (unpaired) electrons. The van der Waals surface area contributed by atoms with Crippen LogP contribution in [0.2, 0.25) is 0 Å². The first-order valence-electron chi connectivity index (χ1n) is 13.6. The highest BCUT2D eigenvalue weighted by atomic mass is 32.2. The van der Waals surface area contributed by atoms with E-state index in [9.17, 15) is 23.1 Å². The van der Waals surface area contributed by atoms with Crippen molar-refractivity contribution < 1.29 is 23.1 Å². The van der Waals surface area contributed by atoms with E-state index in [4.69, 9.17) is 10.7 Å². The van der Waals surface area contributed by atoms with E-state index < -0.39 is 33.2 Å². The molecule has 40 heavy (non-hydrogen) atoms. The van der Waals surface area contributed by atoms with Gasteiger partial charge in [-0.1, -0.05) is 39.8 Å². The molecule has 10 nitrogen and oxygen atoms in total. The number of pyridine rings is 2. The quantitative estimate of drug-likeness (QED) is 0.460. The number of anilines is 2. The molecule has 0 saturated carbocycles. The second kappa shape index (κ2) is 10.5. The molecule has 2 unspecified atom stereocenters. The summed E-state index contributed by atoms with van der Waals surface area (Å²) in [5, 5.41) is 9.12. The zero-order valence-electron chi connectivity index (χ0n) is 24.0. The van der Waals surface area contributed by atoms with Crippen molar-refractivity contribution in [3.05, 3.63) is 47.2 Å². The normalized spacial score (nSPS) is 21.1. The molecular formula is C29H39N5O5S. The van der Waals surface area contributed by atoms with Crippen LogP contribution >= 0.6 is 0 Å². The molecule has 2 aliphatic rings. The monoisotopic (exact) mass is 569 g/mol. The van der Waals surface area contributed by atoms with Gasteiger partial charge in [-0.3, -0.25) is 9.59 Å². The van der Waals surface area contributed by atoms with E-state index in [0.29, 0.717) is 37.5 Å². The van der Waals surface area contributed by atoms with Gasteiger partial charge < -0.3 is 15.7 Å². The third-order valence-electron chi connectivity index (χ3n) is 8.25. The largest absolute Gasteiger partial charge is 0.481 e. The van der Waals surface area contributed by atoms with Crippen LogP contribution in [0.3, 0.4) is 0 Å². The number of nitrogen functional groups attached to an aromatic ring is 1. The van der Waals surface area contributed by atoms with Crippen LogP contribution < -0.4 is 15.4 Å². The Morgan fingerprint density at radius 1 is 1.18 bits per heavy atom. The highest BCUT2D eigenvalue weighted by molar-refractivity contribution is 7.90. The van der Waals surface area contributed by atoms with E-state index >= 15 is 0 Å². The average Bonchev–Trinajstić information content (AvgIpc) is 3.14. The minimum atomic E-state index is -4.32. The van der Waals surface area contributed by atoms with Gasteiger partial charge in [0, 0.05) is 23.1 Å². The number of carbonyl (C=O) groups excluding carboxylic acids is 1. The molecule has 3 heterocycles. The van der Waals surface area contributed by atoms with E-state index in [-0.39, 0.29) is 21.9 Å². The van der Waals surface area contributed by atoms with Gasteiger partial charge in [0.15, 0.2) is 5.03 Å². The molecular weight excluding hydrogens is 530 g/mol. The van der Waals surface area contributed by atoms with Crippen molar-refractivity contribution in [1.82, 2.24) is 14.7 Å².